The van der Waals surface area contributed by atoms with Crippen LogP contribution >= 0.6 is 0 Å². The zero-order chi connectivity index (χ0) is 16.9. The standard InChI is InChI=1S/C18H22N4O2/c1-14(11-21-9-7-19-13-21)20-18(24)16-5-2-4-15(10-16)12-22-8-3-6-17(22)23/h2,4-5,7,9-10,13-14H,3,6,8,11-12H2,1H3,(H,20,24)/t14-/m0/s1. The number of likely N-dealkylation sites (tertiary alicyclic amines) is 1. The molecule has 126 valence electrons. The number of rotatable bonds is 6. The highest BCUT2D eigenvalue weighted by molar-refractivity contribution is 5.94. The summed E-state index contributed by atoms with van der Waals surface area (Å²) in [4.78, 5) is 30.0. The lowest BCUT2D eigenvalue weighted by atomic mass is 10.1. The van der Waals surface area contributed by atoms with Crippen LogP contribution in [0.4, 0.5) is 0 Å². The Labute approximate surface area is 141 Å². The molecule has 2 heterocycles. The maximum absolute atomic E-state index is 12.4. The highest BCUT2D eigenvalue weighted by Gasteiger charge is 2.20. The molecule has 2 aromatic rings. The van der Waals surface area contributed by atoms with Crippen molar-refractivity contribution >= 4 is 11.8 Å². The molecule has 0 aliphatic carbocycles. The van der Waals surface area contributed by atoms with Crippen molar-refractivity contribution in [2.24, 2.45) is 0 Å². The van der Waals surface area contributed by atoms with Crippen molar-refractivity contribution in [3.05, 3.63) is 54.1 Å². The van der Waals surface area contributed by atoms with Crippen LogP contribution in [0.3, 0.4) is 0 Å². The van der Waals surface area contributed by atoms with Crippen molar-refractivity contribution in [3.63, 3.8) is 0 Å². The molecule has 1 saturated heterocycles. The van der Waals surface area contributed by atoms with Gasteiger partial charge >= 0.3 is 0 Å². The fourth-order valence-electron chi connectivity index (χ4n) is 2.97. The van der Waals surface area contributed by atoms with E-state index in [9.17, 15) is 9.59 Å². The molecule has 1 N–H and O–H groups in total. The van der Waals surface area contributed by atoms with Crippen molar-refractivity contribution in [1.29, 1.82) is 0 Å². The van der Waals surface area contributed by atoms with Crippen LogP contribution in [0.5, 0.6) is 0 Å². The van der Waals surface area contributed by atoms with Crippen LogP contribution in [-0.4, -0.2) is 38.9 Å². The van der Waals surface area contributed by atoms with Gasteiger partial charge in [0.15, 0.2) is 0 Å². The summed E-state index contributed by atoms with van der Waals surface area (Å²) in [7, 11) is 0. The van der Waals surface area contributed by atoms with E-state index in [1.165, 1.54) is 0 Å². The highest BCUT2D eigenvalue weighted by Crippen LogP contribution is 2.15. The quantitative estimate of drug-likeness (QED) is 0.880. The van der Waals surface area contributed by atoms with Gasteiger partial charge in [-0.1, -0.05) is 12.1 Å². The first-order chi connectivity index (χ1) is 11.6. The van der Waals surface area contributed by atoms with E-state index in [4.69, 9.17) is 0 Å². The zero-order valence-electron chi connectivity index (χ0n) is 13.8. The molecule has 1 fully saturated rings. The Morgan fingerprint density at radius 3 is 3.00 bits per heavy atom. The monoisotopic (exact) mass is 326 g/mol. The minimum Gasteiger partial charge on any atom is -0.348 e. The third kappa shape index (κ3) is 4.01. The first-order valence-electron chi connectivity index (χ1n) is 8.25. The highest BCUT2D eigenvalue weighted by atomic mass is 16.2. The molecule has 0 unspecified atom stereocenters. The summed E-state index contributed by atoms with van der Waals surface area (Å²) in [5.74, 6) is 0.0935. The molecule has 3 rings (SSSR count). The fourth-order valence-corrected chi connectivity index (χ4v) is 2.97. The van der Waals surface area contributed by atoms with E-state index >= 15 is 0 Å². The predicted octanol–water partition coefficient (Wildman–Crippen LogP) is 1.82. The van der Waals surface area contributed by atoms with Crippen LogP contribution in [0.1, 0.15) is 35.7 Å². The number of benzene rings is 1. The number of aromatic nitrogens is 2. The second-order valence-electron chi connectivity index (χ2n) is 6.25. The number of nitrogens with one attached hydrogen (secondary N) is 1. The first-order valence-corrected chi connectivity index (χ1v) is 8.25. The van der Waals surface area contributed by atoms with E-state index in [0.717, 1.165) is 18.5 Å². The van der Waals surface area contributed by atoms with E-state index in [1.807, 2.05) is 40.8 Å². The van der Waals surface area contributed by atoms with Gasteiger partial charge in [0.25, 0.3) is 5.91 Å². The lowest BCUT2D eigenvalue weighted by molar-refractivity contribution is -0.128. The molecule has 6 heteroatoms. The Morgan fingerprint density at radius 2 is 2.29 bits per heavy atom. The smallest absolute Gasteiger partial charge is 0.251 e. The predicted molar refractivity (Wildman–Crippen MR) is 90.2 cm³/mol. The third-order valence-corrected chi connectivity index (χ3v) is 4.16. The van der Waals surface area contributed by atoms with E-state index in [-0.39, 0.29) is 17.9 Å². The molecule has 0 spiro atoms. The van der Waals surface area contributed by atoms with Crippen LogP contribution in [0.25, 0.3) is 0 Å². The van der Waals surface area contributed by atoms with Gasteiger partial charge in [0.2, 0.25) is 5.91 Å². The molecule has 1 atom stereocenters. The fraction of sp³-hybridized carbons (Fsp3) is 0.389. The van der Waals surface area contributed by atoms with Gasteiger partial charge in [0.05, 0.1) is 6.33 Å². The molecule has 1 aromatic heterocycles. The Balaban J connectivity index is 1.60. The van der Waals surface area contributed by atoms with Gasteiger partial charge in [-0.3, -0.25) is 9.59 Å². The van der Waals surface area contributed by atoms with E-state index in [0.29, 0.717) is 25.1 Å². The number of hydrogen-bond donors (Lipinski definition) is 1. The average molecular weight is 326 g/mol. The van der Waals surface area contributed by atoms with Gasteiger partial charge in [-0.05, 0) is 31.0 Å². The maximum atomic E-state index is 12.4. The molecule has 24 heavy (non-hydrogen) atoms. The van der Waals surface area contributed by atoms with Gasteiger partial charge in [0.1, 0.15) is 0 Å². The molecular weight excluding hydrogens is 304 g/mol. The topological polar surface area (TPSA) is 67.2 Å². The Bertz CT molecular complexity index is 712. The summed E-state index contributed by atoms with van der Waals surface area (Å²) in [5, 5.41) is 3.00. The normalized spacial score (nSPS) is 15.5. The third-order valence-electron chi connectivity index (χ3n) is 4.16. The molecule has 0 radical (unpaired) electrons. The summed E-state index contributed by atoms with van der Waals surface area (Å²) in [6, 6.07) is 7.48. The van der Waals surface area contributed by atoms with Crippen molar-refractivity contribution in [1.82, 2.24) is 19.8 Å². The van der Waals surface area contributed by atoms with Gasteiger partial charge < -0.3 is 14.8 Å². The molecule has 0 saturated carbocycles. The Kier molecular flexibility index (Phi) is 4.93. The van der Waals surface area contributed by atoms with Gasteiger partial charge in [-0.15, -0.1) is 0 Å². The molecule has 1 aliphatic rings. The van der Waals surface area contributed by atoms with Crippen LogP contribution in [-0.2, 0) is 17.9 Å². The molecule has 2 amide bonds. The SMILES string of the molecule is C[C@@H](Cn1ccnc1)NC(=O)c1cccc(CN2CCCC2=O)c1. The van der Waals surface area contributed by atoms with E-state index < -0.39 is 0 Å². The van der Waals surface area contributed by atoms with Crippen LogP contribution in [0.2, 0.25) is 0 Å². The van der Waals surface area contributed by atoms with Crippen molar-refractivity contribution in [2.75, 3.05) is 6.54 Å². The van der Waals surface area contributed by atoms with Gasteiger partial charge in [-0.25, -0.2) is 4.98 Å². The van der Waals surface area contributed by atoms with Crippen LogP contribution < -0.4 is 5.32 Å². The number of imidazole rings is 1. The number of hydrogen-bond acceptors (Lipinski definition) is 3. The molecule has 1 aliphatic heterocycles. The largest absolute Gasteiger partial charge is 0.348 e. The number of nitrogens with zero attached hydrogens (tertiary/aromatic N) is 3. The maximum Gasteiger partial charge on any atom is 0.251 e. The number of carbonyl (C=O) groups is 2. The molecular formula is C18H22N4O2. The van der Waals surface area contributed by atoms with Gasteiger partial charge in [0, 0.05) is 50.1 Å². The second kappa shape index (κ2) is 7.29. The minimum atomic E-state index is -0.0998. The van der Waals surface area contributed by atoms with Gasteiger partial charge in [-0.2, -0.15) is 0 Å². The zero-order valence-corrected chi connectivity index (χ0v) is 13.8. The Morgan fingerprint density at radius 1 is 1.42 bits per heavy atom. The lowest BCUT2D eigenvalue weighted by Crippen LogP contribution is -2.35. The number of amides is 2. The van der Waals surface area contributed by atoms with Crippen molar-refractivity contribution in [3.8, 4) is 0 Å². The Hall–Kier alpha value is -2.63. The summed E-state index contributed by atoms with van der Waals surface area (Å²) < 4.78 is 1.93. The minimum absolute atomic E-state index is 0.00415. The summed E-state index contributed by atoms with van der Waals surface area (Å²) in [6.45, 7) is 4.01. The molecule has 6 nitrogen and oxygen atoms in total. The lowest BCUT2D eigenvalue weighted by Gasteiger charge is -2.17. The molecule has 0 bridgehead atoms. The first kappa shape index (κ1) is 16.2. The van der Waals surface area contributed by atoms with Crippen molar-refractivity contribution in [2.45, 2.75) is 38.9 Å². The van der Waals surface area contributed by atoms with Crippen molar-refractivity contribution < 1.29 is 9.59 Å². The summed E-state index contributed by atoms with van der Waals surface area (Å²) in [5.41, 5.74) is 1.61. The number of carbonyl (C=O) groups excluding carboxylic acids is 2. The average Bonchev–Trinajstić information content (AvgIpc) is 3.20. The second-order valence-corrected chi connectivity index (χ2v) is 6.25. The van der Waals surface area contributed by atoms with E-state index in [1.54, 1.807) is 18.6 Å². The molecule has 1 aromatic carbocycles. The van der Waals surface area contributed by atoms with Crippen LogP contribution in [0, 0.1) is 0 Å². The summed E-state index contributed by atoms with van der Waals surface area (Å²) >= 11 is 0. The van der Waals surface area contributed by atoms with E-state index in [2.05, 4.69) is 10.3 Å². The van der Waals surface area contributed by atoms with Crippen LogP contribution in [0.15, 0.2) is 43.0 Å². The summed E-state index contributed by atoms with van der Waals surface area (Å²) in [6.07, 6.45) is 6.88.